The summed E-state index contributed by atoms with van der Waals surface area (Å²) in [7, 11) is 0. The molecule has 0 saturated carbocycles. The van der Waals surface area contributed by atoms with Crippen LogP contribution in [0, 0.1) is 5.92 Å². The maximum absolute atomic E-state index is 9.33. The zero-order chi connectivity index (χ0) is 11.5. The van der Waals surface area contributed by atoms with Gasteiger partial charge in [-0.05, 0) is 5.92 Å². The van der Waals surface area contributed by atoms with E-state index in [2.05, 4.69) is 4.98 Å². The Hall–Kier alpha value is -0.560. The van der Waals surface area contributed by atoms with Gasteiger partial charge in [-0.2, -0.15) is 0 Å². The normalized spacial score (nSPS) is 13.4. The summed E-state index contributed by atoms with van der Waals surface area (Å²) in [5, 5.41) is 21.1. The third-order valence-corrected chi connectivity index (χ3v) is 4.38. The summed E-state index contributed by atoms with van der Waals surface area (Å²) in [5.41, 5.74) is 0.839. The van der Waals surface area contributed by atoms with Crippen LogP contribution in [-0.2, 0) is 6.61 Å². The van der Waals surface area contributed by atoms with Gasteiger partial charge in [0.1, 0.15) is 5.03 Å². The van der Waals surface area contributed by atoms with Gasteiger partial charge in [0.15, 0.2) is 4.96 Å². The second kappa shape index (κ2) is 5.18. The fourth-order valence-electron chi connectivity index (χ4n) is 1.35. The van der Waals surface area contributed by atoms with Gasteiger partial charge in [-0.1, -0.05) is 6.92 Å². The molecule has 2 N–H and O–H groups in total. The molecule has 0 radical (unpaired) electrons. The van der Waals surface area contributed by atoms with E-state index in [1.165, 1.54) is 0 Å². The molecule has 2 heterocycles. The van der Waals surface area contributed by atoms with Crippen molar-refractivity contribution < 1.29 is 10.2 Å². The minimum atomic E-state index is -0.00621. The second-order valence-corrected chi connectivity index (χ2v) is 5.56. The maximum Gasteiger partial charge on any atom is 0.195 e. The molecule has 2 aromatic heterocycles. The topological polar surface area (TPSA) is 57.8 Å². The Morgan fingerprint density at radius 3 is 3.06 bits per heavy atom. The number of hydrogen-bond acceptors (Lipinski definition) is 5. The number of imidazole rings is 1. The minimum Gasteiger partial charge on any atom is -0.396 e. The van der Waals surface area contributed by atoms with Gasteiger partial charge < -0.3 is 10.2 Å². The summed E-state index contributed by atoms with van der Waals surface area (Å²) < 4.78 is 1.91. The van der Waals surface area contributed by atoms with Crippen molar-refractivity contribution in [3.63, 3.8) is 0 Å². The largest absolute Gasteiger partial charge is 0.396 e. The molecule has 0 bridgehead atoms. The van der Waals surface area contributed by atoms with Crippen LogP contribution in [0.2, 0.25) is 0 Å². The van der Waals surface area contributed by atoms with Crippen molar-refractivity contribution >= 4 is 28.1 Å². The zero-order valence-electron chi connectivity index (χ0n) is 8.96. The molecular formula is C10H14N2O2S2. The third kappa shape index (κ3) is 2.24. The molecule has 0 fully saturated rings. The summed E-state index contributed by atoms with van der Waals surface area (Å²) in [6, 6.07) is 0. The van der Waals surface area contributed by atoms with Crippen LogP contribution in [0.4, 0.5) is 0 Å². The fourth-order valence-corrected chi connectivity index (χ4v) is 3.17. The molecule has 0 aromatic carbocycles. The number of aromatic nitrogens is 2. The lowest BCUT2D eigenvalue weighted by molar-refractivity contribution is 0.250. The van der Waals surface area contributed by atoms with E-state index in [1.807, 2.05) is 22.9 Å². The number of aliphatic hydroxyl groups excluding tert-OH is 2. The molecule has 4 nitrogen and oxygen atoms in total. The number of fused-ring (bicyclic) bond motifs is 1. The Balaban J connectivity index is 2.19. The standard InChI is InChI=1S/C10H14N2O2S2/c1-7(4-13)6-16-9-8(5-14)12-2-3-15-10(12)11-9/h2-3,7,13-14H,4-6H2,1H3. The van der Waals surface area contributed by atoms with Crippen molar-refractivity contribution in [2.24, 2.45) is 5.92 Å². The molecule has 0 aliphatic carbocycles. The maximum atomic E-state index is 9.33. The highest BCUT2D eigenvalue weighted by Gasteiger charge is 2.13. The van der Waals surface area contributed by atoms with Gasteiger partial charge in [-0.3, -0.25) is 4.40 Å². The van der Waals surface area contributed by atoms with Crippen LogP contribution in [0.3, 0.4) is 0 Å². The molecule has 2 aromatic rings. The highest BCUT2D eigenvalue weighted by molar-refractivity contribution is 7.99. The Kier molecular flexibility index (Phi) is 3.86. The SMILES string of the molecule is CC(CO)CSc1nc2sccn2c1CO. The van der Waals surface area contributed by atoms with Crippen LogP contribution in [0.1, 0.15) is 12.6 Å². The predicted molar refractivity (Wildman–Crippen MR) is 66.0 cm³/mol. The highest BCUT2D eigenvalue weighted by Crippen LogP contribution is 2.27. The van der Waals surface area contributed by atoms with Gasteiger partial charge in [0.2, 0.25) is 0 Å². The van der Waals surface area contributed by atoms with Gasteiger partial charge in [0.25, 0.3) is 0 Å². The molecule has 0 aliphatic rings. The Morgan fingerprint density at radius 2 is 2.38 bits per heavy atom. The van der Waals surface area contributed by atoms with Gasteiger partial charge in [0, 0.05) is 23.9 Å². The summed E-state index contributed by atoms with van der Waals surface area (Å²) >= 11 is 3.15. The first-order chi connectivity index (χ1) is 7.76. The monoisotopic (exact) mass is 258 g/mol. The summed E-state index contributed by atoms with van der Waals surface area (Å²) in [5.74, 6) is 1.06. The van der Waals surface area contributed by atoms with Crippen LogP contribution < -0.4 is 0 Å². The van der Waals surface area contributed by atoms with Crippen molar-refractivity contribution in [3.8, 4) is 0 Å². The molecule has 0 amide bonds. The molecule has 1 atom stereocenters. The number of rotatable bonds is 5. The van der Waals surface area contributed by atoms with Crippen molar-refractivity contribution in [1.29, 1.82) is 0 Å². The Bertz CT molecular complexity index is 466. The minimum absolute atomic E-state index is 0.00621. The molecule has 88 valence electrons. The summed E-state index contributed by atoms with van der Waals surface area (Å²) in [6.45, 7) is 2.17. The molecule has 0 spiro atoms. The second-order valence-electron chi connectivity index (χ2n) is 3.68. The van der Waals surface area contributed by atoms with Gasteiger partial charge in [-0.15, -0.1) is 23.1 Å². The van der Waals surface area contributed by atoms with Crippen LogP contribution in [0.15, 0.2) is 16.6 Å². The van der Waals surface area contributed by atoms with Crippen LogP contribution in [0.25, 0.3) is 4.96 Å². The van der Waals surface area contributed by atoms with Gasteiger partial charge in [-0.25, -0.2) is 4.98 Å². The van der Waals surface area contributed by atoms with E-state index < -0.39 is 0 Å². The number of hydrogen-bond donors (Lipinski definition) is 2. The van der Waals surface area contributed by atoms with Gasteiger partial charge in [0.05, 0.1) is 12.3 Å². The van der Waals surface area contributed by atoms with E-state index in [0.29, 0.717) is 0 Å². The quantitative estimate of drug-likeness (QED) is 0.800. The van der Waals surface area contributed by atoms with E-state index in [1.54, 1.807) is 23.1 Å². The number of aliphatic hydroxyl groups is 2. The lowest BCUT2D eigenvalue weighted by Crippen LogP contribution is -2.03. The lowest BCUT2D eigenvalue weighted by Gasteiger charge is -2.06. The number of thioether (sulfide) groups is 1. The predicted octanol–water partition coefficient (Wildman–Crippen LogP) is 1.61. The third-order valence-electron chi connectivity index (χ3n) is 2.29. The van der Waals surface area contributed by atoms with E-state index in [9.17, 15) is 5.11 Å². The molecular weight excluding hydrogens is 244 g/mol. The van der Waals surface area contributed by atoms with Gasteiger partial charge >= 0.3 is 0 Å². The molecule has 0 aliphatic heterocycles. The molecule has 1 unspecified atom stereocenters. The van der Waals surface area contributed by atoms with Crippen molar-refractivity contribution in [1.82, 2.24) is 9.38 Å². The van der Waals surface area contributed by atoms with E-state index >= 15 is 0 Å². The fraction of sp³-hybridized carbons (Fsp3) is 0.500. The molecule has 16 heavy (non-hydrogen) atoms. The first-order valence-electron chi connectivity index (χ1n) is 5.05. The van der Waals surface area contributed by atoms with E-state index in [0.717, 1.165) is 21.4 Å². The smallest absolute Gasteiger partial charge is 0.195 e. The summed E-state index contributed by atoms with van der Waals surface area (Å²) in [4.78, 5) is 5.36. The lowest BCUT2D eigenvalue weighted by atomic mass is 10.2. The van der Waals surface area contributed by atoms with E-state index in [4.69, 9.17) is 5.11 Å². The van der Waals surface area contributed by atoms with Crippen LogP contribution in [0.5, 0.6) is 0 Å². The van der Waals surface area contributed by atoms with Crippen molar-refractivity contribution in [2.45, 2.75) is 18.6 Å². The highest BCUT2D eigenvalue weighted by atomic mass is 32.2. The van der Waals surface area contributed by atoms with Crippen LogP contribution in [-0.4, -0.2) is 32.0 Å². The average Bonchev–Trinajstić information content (AvgIpc) is 2.84. The average molecular weight is 258 g/mol. The van der Waals surface area contributed by atoms with E-state index in [-0.39, 0.29) is 19.1 Å². The molecule has 2 rings (SSSR count). The summed E-state index contributed by atoms with van der Waals surface area (Å²) in [6.07, 6.45) is 1.91. The zero-order valence-corrected chi connectivity index (χ0v) is 10.6. The Labute approximate surface area is 102 Å². The number of thiazole rings is 1. The first kappa shape index (κ1) is 11.9. The van der Waals surface area contributed by atoms with Crippen LogP contribution >= 0.6 is 23.1 Å². The molecule has 0 saturated heterocycles. The number of nitrogens with zero attached hydrogens (tertiary/aromatic N) is 2. The van der Waals surface area contributed by atoms with Crippen molar-refractivity contribution in [2.75, 3.05) is 12.4 Å². The first-order valence-corrected chi connectivity index (χ1v) is 6.91. The Morgan fingerprint density at radius 1 is 1.56 bits per heavy atom. The molecule has 6 heteroatoms. The van der Waals surface area contributed by atoms with Crippen molar-refractivity contribution in [3.05, 3.63) is 17.3 Å².